The SMILES string of the molecule is COc1ccccc1N1C(=O)C2CNNC2N=C1SCC(=O)Nc1ccc(C)cc1. The summed E-state index contributed by atoms with van der Waals surface area (Å²) in [5.41, 5.74) is 8.48. The molecule has 1 fully saturated rings. The Labute approximate surface area is 179 Å². The zero-order valence-corrected chi connectivity index (χ0v) is 17.5. The lowest BCUT2D eigenvalue weighted by Gasteiger charge is -2.33. The third-order valence-corrected chi connectivity index (χ3v) is 5.88. The largest absolute Gasteiger partial charge is 0.495 e. The molecule has 2 aromatic carbocycles. The molecule has 2 aliphatic rings. The van der Waals surface area contributed by atoms with Gasteiger partial charge in [0.1, 0.15) is 11.9 Å². The number of amidine groups is 1. The molecule has 2 atom stereocenters. The Kier molecular flexibility index (Phi) is 6.03. The van der Waals surface area contributed by atoms with Crippen molar-refractivity contribution in [1.82, 2.24) is 10.9 Å². The highest BCUT2D eigenvalue weighted by Gasteiger charge is 2.43. The van der Waals surface area contributed by atoms with Crippen molar-refractivity contribution in [3.8, 4) is 5.75 Å². The first-order valence-corrected chi connectivity index (χ1v) is 10.6. The average Bonchev–Trinajstić information content (AvgIpc) is 3.23. The number of carbonyl (C=O) groups excluding carboxylic acids is 2. The summed E-state index contributed by atoms with van der Waals surface area (Å²) >= 11 is 1.22. The molecule has 30 heavy (non-hydrogen) atoms. The number of rotatable bonds is 5. The molecule has 0 spiro atoms. The molecule has 9 heteroatoms. The van der Waals surface area contributed by atoms with Gasteiger partial charge in [-0.25, -0.2) is 10.4 Å². The number of benzene rings is 2. The fourth-order valence-electron chi connectivity index (χ4n) is 3.37. The van der Waals surface area contributed by atoms with E-state index in [1.807, 2.05) is 49.4 Å². The van der Waals surface area contributed by atoms with Gasteiger partial charge < -0.3 is 10.1 Å². The van der Waals surface area contributed by atoms with Crippen molar-refractivity contribution < 1.29 is 14.3 Å². The fraction of sp³-hybridized carbons (Fsp3) is 0.286. The first-order valence-electron chi connectivity index (χ1n) is 9.59. The number of anilines is 2. The summed E-state index contributed by atoms with van der Waals surface area (Å²) in [7, 11) is 1.56. The zero-order valence-electron chi connectivity index (χ0n) is 16.7. The zero-order chi connectivity index (χ0) is 21.1. The Balaban J connectivity index is 1.54. The Hall–Kier alpha value is -2.88. The number of nitrogens with zero attached hydrogens (tertiary/aromatic N) is 2. The average molecular weight is 426 g/mol. The lowest BCUT2D eigenvalue weighted by atomic mass is 10.0. The summed E-state index contributed by atoms with van der Waals surface area (Å²) in [5, 5.41) is 3.33. The smallest absolute Gasteiger partial charge is 0.241 e. The van der Waals surface area contributed by atoms with Crippen LogP contribution in [0, 0.1) is 12.8 Å². The number of hydrogen-bond donors (Lipinski definition) is 3. The van der Waals surface area contributed by atoms with Crippen molar-refractivity contribution in [3.63, 3.8) is 0 Å². The van der Waals surface area contributed by atoms with Gasteiger partial charge >= 0.3 is 0 Å². The summed E-state index contributed by atoms with van der Waals surface area (Å²) in [4.78, 5) is 32.0. The van der Waals surface area contributed by atoms with E-state index in [1.165, 1.54) is 11.8 Å². The highest BCUT2D eigenvalue weighted by molar-refractivity contribution is 8.14. The van der Waals surface area contributed by atoms with Gasteiger partial charge in [0.25, 0.3) is 0 Å². The van der Waals surface area contributed by atoms with Crippen molar-refractivity contribution in [2.24, 2.45) is 10.9 Å². The monoisotopic (exact) mass is 425 g/mol. The molecule has 0 radical (unpaired) electrons. The number of fused-ring (bicyclic) bond motifs is 1. The van der Waals surface area contributed by atoms with Gasteiger partial charge in [0.15, 0.2) is 5.17 Å². The summed E-state index contributed by atoms with van der Waals surface area (Å²) < 4.78 is 5.45. The van der Waals surface area contributed by atoms with Crippen LogP contribution in [0.25, 0.3) is 0 Å². The van der Waals surface area contributed by atoms with Gasteiger partial charge in [-0.15, -0.1) is 0 Å². The van der Waals surface area contributed by atoms with Gasteiger partial charge in [0.05, 0.1) is 24.5 Å². The summed E-state index contributed by atoms with van der Waals surface area (Å²) in [6, 6.07) is 14.9. The quantitative estimate of drug-likeness (QED) is 0.679. The van der Waals surface area contributed by atoms with E-state index in [-0.39, 0.29) is 29.7 Å². The predicted molar refractivity (Wildman–Crippen MR) is 119 cm³/mol. The summed E-state index contributed by atoms with van der Waals surface area (Å²) in [5.74, 6) is 0.120. The lowest BCUT2D eigenvalue weighted by Crippen LogP contribution is -2.49. The number of hydrazine groups is 1. The Morgan fingerprint density at radius 3 is 2.80 bits per heavy atom. The van der Waals surface area contributed by atoms with E-state index in [9.17, 15) is 9.59 Å². The molecule has 0 bridgehead atoms. The van der Waals surface area contributed by atoms with E-state index in [2.05, 4.69) is 16.2 Å². The van der Waals surface area contributed by atoms with Crippen LogP contribution in [0.1, 0.15) is 5.56 Å². The van der Waals surface area contributed by atoms with E-state index in [4.69, 9.17) is 9.73 Å². The van der Waals surface area contributed by atoms with E-state index >= 15 is 0 Å². The van der Waals surface area contributed by atoms with E-state index in [0.717, 1.165) is 11.3 Å². The molecule has 0 aliphatic carbocycles. The second-order valence-corrected chi connectivity index (χ2v) is 7.98. The molecule has 156 valence electrons. The van der Waals surface area contributed by atoms with Crippen molar-refractivity contribution in [2.75, 3.05) is 29.6 Å². The molecule has 2 heterocycles. The Morgan fingerprint density at radius 1 is 1.27 bits per heavy atom. The maximum absolute atomic E-state index is 13.2. The minimum atomic E-state index is -0.355. The highest BCUT2D eigenvalue weighted by atomic mass is 32.2. The molecule has 2 amide bonds. The molecule has 0 saturated carbocycles. The number of thioether (sulfide) groups is 1. The van der Waals surface area contributed by atoms with Gasteiger partial charge in [-0.2, -0.15) is 0 Å². The maximum Gasteiger partial charge on any atom is 0.241 e. The normalized spacial score (nSPS) is 20.5. The minimum absolute atomic E-state index is 0.0848. The molecule has 0 aromatic heterocycles. The van der Waals surface area contributed by atoms with Gasteiger partial charge in [-0.05, 0) is 31.2 Å². The van der Waals surface area contributed by atoms with Crippen LogP contribution in [0.3, 0.4) is 0 Å². The van der Waals surface area contributed by atoms with Crippen LogP contribution in [0.5, 0.6) is 5.75 Å². The number of hydrogen-bond acceptors (Lipinski definition) is 7. The van der Waals surface area contributed by atoms with E-state index in [0.29, 0.717) is 23.1 Å². The predicted octanol–water partition coefficient (Wildman–Crippen LogP) is 2.13. The van der Waals surface area contributed by atoms with E-state index < -0.39 is 0 Å². The van der Waals surface area contributed by atoms with Crippen LogP contribution < -0.4 is 25.8 Å². The van der Waals surface area contributed by atoms with E-state index in [1.54, 1.807) is 18.1 Å². The van der Waals surface area contributed by atoms with Crippen LogP contribution in [0.4, 0.5) is 11.4 Å². The van der Waals surface area contributed by atoms with Gasteiger partial charge in [-0.1, -0.05) is 41.6 Å². The number of aliphatic imine (C=N–C) groups is 1. The number of aryl methyl sites for hydroxylation is 1. The van der Waals surface area contributed by atoms with Crippen molar-refractivity contribution in [2.45, 2.75) is 13.1 Å². The molecular weight excluding hydrogens is 402 g/mol. The Morgan fingerprint density at radius 2 is 2.03 bits per heavy atom. The first-order chi connectivity index (χ1) is 14.6. The number of methoxy groups -OCH3 is 1. The molecule has 3 N–H and O–H groups in total. The second kappa shape index (κ2) is 8.86. The van der Waals surface area contributed by atoms with Crippen LogP contribution >= 0.6 is 11.8 Å². The third-order valence-electron chi connectivity index (χ3n) is 4.93. The number of amides is 2. The third kappa shape index (κ3) is 4.18. The second-order valence-electron chi connectivity index (χ2n) is 7.04. The molecule has 2 aromatic rings. The van der Waals surface area contributed by atoms with Gasteiger partial charge in [-0.3, -0.25) is 19.9 Å². The maximum atomic E-state index is 13.2. The minimum Gasteiger partial charge on any atom is -0.495 e. The highest BCUT2D eigenvalue weighted by Crippen LogP contribution is 2.34. The molecule has 8 nitrogen and oxygen atoms in total. The summed E-state index contributed by atoms with van der Waals surface area (Å²) in [6.07, 6.45) is -0.355. The van der Waals surface area contributed by atoms with Gasteiger partial charge in [0.2, 0.25) is 11.8 Å². The molecule has 4 rings (SSSR count). The topological polar surface area (TPSA) is 95.1 Å². The lowest BCUT2D eigenvalue weighted by molar-refractivity contribution is -0.121. The number of carbonyl (C=O) groups is 2. The van der Waals surface area contributed by atoms with Crippen LogP contribution in [0.2, 0.25) is 0 Å². The molecule has 1 saturated heterocycles. The van der Waals surface area contributed by atoms with Crippen LogP contribution in [-0.2, 0) is 9.59 Å². The number of para-hydroxylation sites is 2. The Bertz CT molecular complexity index is 979. The standard InChI is InChI=1S/C21H23N5O3S/c1-13-7-9-14(10-8-13)23-18(27)12-30-21-24-19-15(11-22-25-19)20(28)26(21)16-5-3-4-6-17(16)29-2/h3-10,15,19,22,25H,11-12H2,1-2H3,(H,23,27). The molecular formula is C21H23N5O3S. The summed E-state index contributed by atoms with van der Waals surface area (Å²) in [6.45, 7) is 2.48. The molecule has 2 unspecified atom stereocenters. The van der Waals surface area contributed by atoms with Crippen molar-refractivity contribution >= 4 is 40.1 Å². The number of nitrogens with one attached hydrogen (secondary N) is 3. The number of ether oxygens (including phenoxy) is 1. The van der Waals surface area contributed by atoms with Gasteiger partial charge in [0, 0.05) is 12.2 Å². The first kappa shape index (κ1) is 20.4. The van der Waals surface area contributed by atoms with Crippen molar-refractivity contribution in [3.05, 3.63) is 54.1 Å². The van der Waals surface area contributed by atoms with Crippen LogP contribution in [-0.4, -0.2) is 42.6 Å². The van der Waals surface area contributed by atoms with Crippen molar-refractivity contribution in [1.29, 1.82) is 0 Å². The van der Waals surface area contributed by atoms with Crippen LogP contribution in [0.15, 0.2) is 53.5 Å². The fourth-order valence-corrected chi connectivity index (χ4v) is 4.21. The molecule has 2 aliphatic heterocycles.